The van der Waals surface area contributed by atoms with Gasteiger partial charge in [0.05, 0.1) is 0 Å². The number of aryl methyl sites for hydroxylation is 1. The Labute approximate surface area is 116 Å². The minimum Gasteiger partial charge on any atom is -0.312 e. The fourth-order valence-corrected chi connectivity index (χ4v) is 4.97. The van der Waals surface area contributed by atoms with Gasteiger partial charge in [0, 0.05) is 10.9 Å². The van der Waals surface area contributed by atoms with Crippen LogP contribution in [0.25, 0.3) is 0 Å². The van der Waals surface area contributed by atoms with E-state index in [2.05, 4.69) is 44.6 Å². The molecule has 0 spiro atoms. The van der Waals surface area contributed by atoms with E-state index in [4.69, 9.17) is 0 Å². The van der Waals surface area contributed by atoms with Gasteiger partial charge in [-0.05, 0) is 67.5 Å². The molecule has 3 unspecified atom stereocenters. The fraction of sp³-hybridized carbons (Fsp3) is 0.750. The van der Waals surface area contributed by atoms with Crippen molar-refractivity contribution in [3.05, 3.63) is 21.9 Å². The molecule has 3 atom stereocenters. The maximum absolute atomic E-state index is 3.60. The van der Waals surface area contributed by atoms with E-state index in [1.54, 1.807) is 10.4 Å². The second-order valence-corrected chi connectivity index (χ2v) is 7.06. The summed E-state index contributed by atoms with van der Waals surface area (Å²) in [5.74, 6) is 2.59. The molecule has 1 N–H and O–H groups in total. The Bertz CT molecular complexity index is 361. The predicted octanol–water partition coefficient (Wildman–Crippen LogP) is 4.64. The molecule has 1 aromatic heterocycles. The molecule has 1 nitrogen and oxygen atoms in total. The molecule has 0 radical (unpaired) electrons. The van der Waals surface area contributed by atoms with Crippen LogP contribution < -0.4 is 5.32 Å². The number of nitrogens with one attached hydrogen (secondary N) is 1. The molecule has 2 rings (SSSR count). The Morgan fingerprint density at radius 2 is 1.94 bits per heavy atom. The van der Waals surface area contributed by atoms with Crippen LogP contribution in [-0.4, -0.2) is 7.05 Å². The van der Waals surface area contributed by atoms with Gasteiger partial charge in [0.15, 0.2) is 0 Å². The first kappa shape index (κ1) is 14.1. The van der Waals surface area contributed by atoms with E-state index >= 15 is 0 Å². The molecule has 0 amide bonds. The largest absolute Gasteiger partial charge is 0.312 e. The molecule has 1 saturated carbocycles. The number of hydrogen-bond acceptors (Lipinski definition) is 2. The smallest absolute Gasteiger partial charge is 0.0443 e. The molecule has 2 heteroatoms. The molecule has 18 heavy (non-hydrogen) atoms. The van der Waals surface area contributed by atoms with Crippen LogP contribution >= 0.6 is 11.3 Å². The minimum atomic E-state index is 0.574. The first-order valence-corrected chi connectivity index (χ1v) is 8.27. The summed E-state index contributed by atoms with van der Waals surface area (Å²) in [4.78, 5) is 1.59. The highest BCUT2D eigenvalue weighted by Crippen LogP contribution is 2.41. The van der Waals surface area contributed by atoms with Crippen molar-refractivity contribution in [2.24, 2.45) is 17.8 Å². The van der Waals surface area contributed by atoms with Crippen molar-refractivity contribution in [3.8, 4) is 0 Å². The Morgan fingerprint density at radius 1 is 1.28 bits per heavy atom. The zero-order chi connectivity index (χ0) is 13.1. The number of hydrogen-bond donors (Lipinski definition) is 1. The van der Waals surface area contributed by atoms with Gasteiger partial charge >= 0.3 is 0 Å². The van der Waals surface area contributed by atoms with Gasteiger partial charge in [-0.1, -0.05) is 20.8 Å². The van der Waals surface area contributed by atoms with Crippen LogP contribution in [-0.2, 0) is 6.42 Å². The van der Waals surface area contributed by atoms with Crippen molar-refractivity contribution in [1.29, 1.82) is 0 Å². The van der Waals surface area contributed by atoms with Gasteiger partial charge in [0.2, 0.25) is 0 Å². The van der Waals surface area contributed by atoms with E-state index < -0.39 is 0 Å². The van der Waals surface area contributed by atoms with Crippen LogP contribution in [0, 0.1) is 17.8 Å². The summed E-state index contributed by atoms with van der Waals surface area (Å²) in [6.45, 7) is 7.11. The highest BCUT2D eigenvalue weighted by molar-refractivity contribution is 7.10. The van der Waals surface area contributed by atoms with Crippen molar-refractivity contribution in [2.45, 2.75) is 52.5 Å². The number of rotatable bonds is 4. The summed E-state index contributed by atoms with van der Waals surface area (Å²) in [6.07, 6.45) is 5.35. The average molecular weight is 265 g/mol. The zero-order valence-corrected chi connectivity index (χ0v) is 13.0. The maximum Gasteiger partial charge on any atom is 0.0443 e. The molecular weight excluding hydrogens is 238 g/mol. The third-order valence-corrected chi connectivity index (χ3v) is 5.48. The maximum atomic E-state index is 3.60. The van der Waals surface area contributed by atoms with Gasteiger partial charge in [-0.2, -0.15) is 0 Å². The van der Waals surface area contributed by atoms with Crippen LogP contribution in [0.4, 0.5) is 0 Å². The lowest BCUT2D eigenvalue weighted by Gasteiger charge is -2.36. The Kier molecular flexibility index (Phi) is 4.85. The summed E-state index contributed by atoms with van der Waals surface area (Å²) >= 11 is 1.94. The second-order valence-electron chi connectivity index (χ2n) is 6.11. The molecule has 102 valence electrons. The quantitative estimate of drug-likeness (QED) is 0.836. The van der Waals surface area contributed by atoms with Crippen molar-refractivity contribution in [2.75, 3.05) is 7.05 Å². The molecule has 0 aromatic carbocycles. The van der Waals surface area contributed by atoms with Crippen LogP contribution in [0.15, 0.2) is 11.4 Å². The molecule has 1 aliphatic rings. The average Bonchev–Trinajstić information content (AvgIpc) is 2.77. The Morgan fingerprint density at radius 3 is 2.50 bits per heavy atom. The van der Waals surface area contributed by atoms with Crippen molar-refractivity contribution < 1.29 is 0 Å². The summed E-state index contributed by atoms with van der Waals surface area (Å²) < 4.78 is 0. The van der Waals surface area contributed by atoms with Gasteiger partial charge in [0.25, 0.3) is 0 Å². The van der Waals surface area contributed by atoms with Gasteiger partial charge < -0.3 is 5.32 Å². The van der Waals surface area contributed by atoms with E-state index in [0.29, 0.717) is 6.04 Å². The first-order chi connectivity index (χ1) is 8.65. The van der Waals surface area contributed by atoms with Gasteiger partial charge in [-0.3, -0.25) is 0 Å². The summed E-state index contributed by atoms with van der Waals surface area (Å²) in [5.41, 5.74) is 1.55. The van der Waals surface area contributed by atoms with Crippen LogP contribution in [0.5, 0.6) is 0 Å². The van der Waals surface area contributed by atoms with E-state index in [-0.39, 0.29) is 0 Å². The lowest BCUT2D eigenvalue weighted by atomic mass is 9.73. The summed E-state index contributed by atoms with van der Waals surface area (Å²) in [5, 5.41) is 5.86. The Hall–Kier alpha value is -0.340. The third-order valence-electron chi connectivity index (χ3n) is 4.44. The van der Waals surface area contributed by atoms with Gasteiger partial charge in [-0.25, -0.2) is 0 Å². The van der Waals surface area contributed by atoms with E-state index in [1.807, 2.05) is 11.3 Å². The minimum absolute atomic E-state index is 0.574. The molecule has 1 aromatic rings. The molecular formula is C16H27NS. The van der Waals surface area contributed by atoms with Gasteiger partial charge in [-0.15, -0.1) is 11.3 Å². The van der Waals surface area contributed by atoms with E-state index in [0.717, 1.165) is 24.2 Å². The third kappa shape index (κ3) is 2.97. The fourth-order valence-electron chi connectivity index (χ4n) is 3.77. The molecule has 1 heterocycles. The number of thiophene rings is 1. The van der Waals surface area contributed by atoms with Crippen LogP contribution in [0.2, 0.25) is 0 Å². The van der Waals surface area contributed by atoms with Crippen molar-refractivity contribution in [3.63, 3.8) is 0 Å². The zero-order valence-electron chi connectivity index (χ0n) is 12.2. The normalized spacial score (nSPS) is 30.3. The molecule has 0 aliphatic heterocycles. The predicted molar refractivity (Wildman–Crippen MR) is 81.2 cm³/mol. The molecule has 0 saturated heterocycles. The standard InChI is InChI=1S/C16H27NS/c1-5-13-6-7-18-16(13)15(17-4)14-9-11(2)8-12(3)10-14/h6-7,11-12,14-15,17H,5,8-10H2,1-4H3. The van der Waals surface area contributed by atoms with Crippen LogP contribution in [0.3, 0.4) is 0 Å². The van der Waals surface area contributed by atoms with Gasteiger partial charge in [0.1, 0.15) is 0 Å². The second kappa shape index (κ2) is 6.21. The highest BCUT2D eigenvalue weighted by atomic mass is 32.1. The summed E-state index contributed by atoms with van der Waals surface area (Å²) in [6, 6.07) is 2.88. The topological polar surface area (TPSA) is 12.0 Å². The first-order valence-electron chi connectivity index (χ1n) is 7.39. The summed E-state index contributed by atoms with van der Waals surface area (Å²) in [7, 11) is 2.13. The molecule has 1 aliphatic carbocycles. The molecule has 1 fully saturated rings. The monoisotopic (exact) mass is 265 g/mol. The van der Waals surface area contributed by atoms with E-state index in [1.165, 1.54) is 19.3 Å². The van der Waals surface area contributed by atoms with E-state index in [9.17, 15) is 0 Å². The molecule has 0 bridgehead atoms. The highest BCUT2D eigenvalue weighted by Gasteiger charge is 2.31. The SMILES string of the molecule is CCc1ccsc1C(NC)C1CC(C)CC(C)C1. The lowest BCUT2D eigenvalue weighted by molar-refractivity contribution is 0.181. The lowest BCUT2D eigenvalue weighted by Crippen LogP contribution is -2.31. The van der Waals surface area contributed by atoms with Crippen molar-refractivity contribution in [1.82, 2.24) is 5.32 Å². The van der Waals surface area contributed by atoms with Crippen LogP contribution in [0.1, 0.15) is 56.5 Å². The Balaban J connectivity index is 2.17. The van der Waals surface area contributed by atoms with Crippen molar-refractivity contribution >= 4 is 11.3 Å².